The standard InChI is InChI=1S/C12H20N2O2S/c1-8(2)6-14(5)11-13-9(7-17-11)12(3,4)10(15)16/h7-8H,6H2,1-5H3,(H,15,16). The van der Waals surface area contributed by atoms with Crippen LogP contribution in [0.4, 0.5) is 5.13 Å². The maximum absolute atomic E-state index is 11.1. The number of thiazole rings is 1. The molecule has 0 aromatic carbocycles. The Balaban J connectivity index is 2.88. The lowest BCUT2D eigenvalue weighted by Gasteiger charge is -2.19. The summed E-state index contributed by atoms with van der Waals surface area (Å²) in [4.78, 5) is 17.6. The number of aliphatic carboxylic acids is 1. The third-order valence-electron chi connectivity index (χ3n) is 2.63. The van der Waals surface area contributed by atoms with Crippen LogP contribution in [-0.2, 0) is 10.2 Å². The van der Waals surface area contributed by atoms with Crippen molar-refractivity contribution in [2.45, 2.75) is 33.1 Å². The third kappa shape index (κ3) is 3.19. The van der Waals surface area contributed by atoms with Crippen LogP contribution >= 0.6 is 11.3 Å². The molecule has 0 aliphatic carbocycles. The van der Waals surface area contributed by atoms with Gasteiger partial charge in [-0.25, -0.2) is 4.98 Å². The van der Waals surface area contributed by atoms with Crippen molar-refractivity contribution in [2.75, 3.05) is 18.5 Å². The predicted molar refractivity (Wildman–Crippen MR) is 70.9 cm³/mol. The molecule has 0 saturated carbocycles. The molecule has 1 N–H and O–H groups in total. The Morgan fingerprint density at radius 1 is 1.59 bits per heavy atom. The molecule has 0 saturated heterocycles. The van der Waals surface area contributed by atoms with Gasteiger partial charge in [0, 0.05) is 19.0 Å². The highest BCUT2D eigenvalue weighted by atomic mass is 32.1. The van der Waals surface area contributed by atoms with E-state index in [0.717, 1.165) is 11.7 Å². The van der Waals surface area contributed by atoms with E-state index in [1.807, 2.05) is 12.4 Å². The molecular weight excluding hydrogens is 236 g/mol. The number of hydrogen-bond acceptors (Lipinski definition) is 4. The largest absolute Gasteiger partial charge is 0.481 e. The smallest absolute Gasteiger partial charge is 0.315 e. The topological polar surface area (TPSA) is 53.4 Å². The van der Waals surface area contributed by atoms with Crippen LogP contribution in [0.1, 0.15) is 33.4 Å². The van der Waals surface area contributed by atoms with Crippen LogP contribution in [0.5, 0.6) is 0 Å². The maximum atomic E-state index is 11.1. The van der Waals surface area contributed by atoms with E-state index in [2.05, 4.69) is 23.7 Å². The van der Waals surface area contributed by atoms with Gasteiger partial charge in [-0.3, -0.25) is 4.79 Å². The lowest BCUT2D eigenvalue weighted by Crippen LogP contribution is -2.29. The van der Waals surface area contributed by atoms with E-state index in [0.29, 0.717) is 11.6 Å². The first-order valence-electron chi connectivity index (χ1n) is 5.65. The summed E-state index contributed by atoms with van der Waals surface area (Å²) in [5.74, 6) is -0.291. The molecule has 0 unspecified atom stereocenters. The van der Waals surface area contributed by atoms with Crippen molar-refractivity contribution >= 4 is 22.4 Å². The minimum atomic E-state index is -0.923. The van der Waals surface area contributed by atoms with Crippen molar-refractivity contribution in [1.29, 1.82) is 0 Å². The van der Waals surface area contributed by atoms with E-state index in [-0.39, 0.29) is 0 Å². The molecule has 5 heteroatoms. The molecule has 17 heavy (non-hydrogen) atoms. The highest BCUT2D eigenvalue weighted by Gasteiger charge is 2.32. The second-order valence-electron chi connectivity index (χ2n) is 5.22. The van der Waals surface area contributed by atoms with Crippen molar-refractivity contribution in [3.05, 3.63) is 11.1 Å². The van der Waals surface area contributed by atoms with Crippen molar-refractivity contribution < 1.29 is 9.90 Å². The number of rotatable bonds is 5. The van der Waals surface area contributed by atoms with Gasteiger partial charge in [0.15, 0.2) is 5.13 Å². The summed E-state index contributed by atoms with van der Waals surface area (Å²) in [5, 5.41) is 11.9. The summed E-state index contributed by atoms with van der Waals surface area (Å²) in [6.07, 6.45) is 0. The van der Waals surface area contributed by atoms with Gasteiger partial charge in [-0.1, -0.05) is 13.8 Å². The quantitative estimate of drug-likeness (QED) is 0.879. The normalized spacial score (nSPS) is 11.9. The molecule has 1 heterocycles. The van der Waals surface area contributed by atoms with Gasteiger partial charge in [0.25, 0.3) is 0 Å². The summed E-state index contributed by atoms with van der Waals surface area (Å²) < 4.78 is 0. The molecule has 0 amide bonds. The summed E-state index contributed by atoms with van der Waals surface area (Å²) in [6.45, 7) is 8.56. The first-order valence-corrected chi connectivity index (χ1v) is 6.53. The monoisotopic (exact) mass is 256 g/mol. The van der Waals surface area contributed by atoms with Gasteiger partial charge in [-0.15, -0.1) is 11.3 Å². The maximum Gasteiger partial charge on any atom is 0.315 e. The van der Waals surface area contributed by atoms with Gasteiger partial charge >= 0.3 is 5.97 Å². The molecule has 96 valence electrons. The average molecular weight is 256 g/mol. The Labute approximate surface area is 106 Å². The van der Waals surface area contributed by atoms with Crippen molar-refractivity contribution in [2.24, 2.45) is 5.92 Å². The molecule has 0 radical (unpaired) electrons. The second-order valence-corrected chi connectivity index (χ2v) is 6.06. The van der Waals surface area contributed by atoms with Crippen LogP contribution in [-0.4, -0.2) is 29.7 Å². The number of anilines is 1. The van der Waals surface area contributed by atoms with Crippen LogP contribution in [0.15, 0.2) is 5.38 Å². The van der Waals surface area contributed by atoms with Gasteiger partial charge in [0.05, 0.1) is 5.69 Å². The van der Waals surface area contributed by atoms with Gasteiger partial charge in [-0.05, 0) is 19.8 Å². The Hall–Kier alpha value is -1.10. The molecular formula is C12H20N2O2S. The Morgan fingerprint density at radius 2 is 2.18 bits per heavy atom. The highest BCUT2D eigenvalue weighted by Crippen LogP contribution is 2.29. The fourth-order valence-corrected chi connectivity index (χ4v) is 2.43. The van der Waals surface area contributed by atoms with E-state index < -0.39 is 11.4 Å². The molecule has 1 rings (SSSR count). The van der Waals surface area contributed by atoms with Crippen LogP contribution in [0.25, 0.3) is 0 Å². The summed E-state index contributed by atoms with van der Waals surface area (Å²) in [6, 6.07) is 0. The highest BCUT2D eigenvalue weighted by molar-refractivity contribution is 7.13. The molecule has 0 spiro atoms. The first-order chi connectivity index (χ1) is 7.75. The van der Waals surface area contributed by atoms with Gasteiger partial charge in [0.2, 0.25) is 0 Å². The zero-order valence-corrected chi connectivity index (χ0v) is 11.8. The zero-order chi connectivity index (χ0) is 13.2. The molecule has 0 atom stereocenters. The van der Waals surface area contributed by atoms with E-state index in [1.165, 1.54) is 11.3 Å². The molecule has 0 fully saturated rings. The number of carbonyl (C=O) groups is 1. The van der Waals surface area contributed by atoms with E-state index in [4.69, 9.17) is 5.11 Å². The van der Waals surface area contributed by atoms with E-state index in [1.54, 1.807) is 13.8 Å². The fourth-order valence-electron chi connectivity index (χ4n) is 1.46. The molecule has 0 aliphatic rings. The third-order valence-corrected chi connectivity index (χ3v) is 3.59. The van der Waals surface area contributed by atoms with Crippen molar-refractivity contribution in [1.82, 2.24) is 4.98 Å². The van der Waals surface area contributed by atoms with Crippen LogP contribution in [0.3, 0.4) is 0 Å². The fraction of sp³-hybridized carbons (Fsp3) is 0.667. The zero-order valence-electron chi connectivity index (χ0n) is 11.0. The predicted octanol–water partition coefficient (Wildman–Crippen LogP) is 2.60. The van der Waals surface area contributed by atoms with Crippen LogP contribution in [0.2, 0.25) is 0 Å². The van der Waals surface area contributed by atoms with Crippen LogP contribution < -0.4 is 4.90 Å². The number of hydrogen-bond donors (Lipinski definition) is 1. The molecule has 0 bridgehead atoms. The SMILES string of the molecule is CC(C)CN(C)c1nc(C(C)(C)C(=O)O)cs1. The number of carboxylic acids is 1. The lowest BCUT2D eigenvalue weighted by atomic mass is 9.90. The summed E-state index contributed by atoms with van der Waals surface area (Å²) in [7, 11) is 1.98. The van der Waals surface area contributed by atoms with Gasteiger partial charge < -0.3 is 10.0 Å². The number of nitrogens with zero attached hydrogens (tertiary/aromatic N) is 2. The molecule has 4 nitrogen and oxygen atoms in total. The van der Waals surface area contributed by atoms with Gasteiger partial charge in [0.1, 0.15) is 5.41 Å². The molecule has 1 aromatic heterocycles. The van der Waals surface area contributed by atoms with Crippen molar-refractivity contribution in [3.8, 4) is 0 Å². The molecule has 0 aliphatic heterocycles. The summed E-state index contributed by atoms with van der Waals surface area (Å²) in [5.41, 5.74) is -0.298. The average Bonchev–Trinajstić information content (AvgIpc) is 2.65. The number of carboxylic acid groups (broad SMARTS) is 1. The molecule has 1 aromatic rings. The minimum absolute atomic E-state index is 0.555. The minimum Gasteiger partial charge on any atom is -0.481 e. The van der Waals surface area contributed by atoms with Gasteiger partial charge in [-0.2, -0.15) is 0 Å². The summed E-state index contributed by atoms with van der Waals surface area (Å²) >= 11 is 1.50. The van der Waals surface area contributed by atoms with Crippen molar-refractivity contribution in [3.63, 3.8) is 0 Å². The Bertz CT molecular complexity index is 399. The van der Waals surface area contributed by atoms with E-state index in [9.17, 15) is 4.79 Å². The second kappa shape index (κ2) is 5.04. The number of aromatic nitrogens is 1. The Kier molecular flexibility index (Phi) is 4.14. The van der Waals surface area contributed by atoms with E-state index >= 15 is 0 Å². The van der Waals surface area contributed by atoms with Crippen LogP contribution in [0, 0.1) is 5.92 Å². The Morgan fingerprint density at radius 3 is 2.65 bits per heavy atom. The lowest BCUT2D eigenvalue weighted by molar-refractivity contribution is -0.142. The first kappa shape index (κ1) is 14.0.